The van der Waals surface area contributed by atoms with E-state index in [1.54, 1.807) is 0 Å². The number of aliphatic carboxylic acids is 1. The SMILES string of the molecule is O=C(O)C1CN(c2ccc3ccccc3n2)CCO1. The lowest BCUT2D eigenvalue weighted by atomic mass is 10.2. The molecule has 1 aromatic heterocycles. The summed E-state index contributed by atoms with van der Waals surface area (Å²) in [6.07, 6.45) is -0.776. The quantitative estimate of drug-likeness (QED) is 0.885. The summed E-state index contributed by atoms with van der Waals surface area (Å²) in [5.41, 5.74) is 0.915. The molecular formula is C14H14N2O3. The standard InChI is InChI=1S/C14H14N2O3/c17-14(18)12-9-16(7-8-19-12)13-6-5-10-3-1-2-4-11(10)15-13/h1-6,12H,7-9H2,(H,17,18). The minimum atomic E-state index is -0.925. The summed E-state index contributed by atoms with van der Waals surface area (Å²) in [5.74, 6) is -0.126. The zero-order valence-corrected chi connectivity index (χ0v) is 10.3. The van der Waals surface area contributed by atoms with Gasteiger partial charge in [0.2, 0.25) is 0 Å². The molecule has 1 N–H and O–H groups in total. The van der Waals surface area contributed by atoms with Gasteiger partial charge in [0.05, 0.1) is 18.7 Å². The summed E-state index contributed by atoms with van der Waals surface area (Å²) in [7, 11) is 0. The van der Waals surface area contributed by atoms with Gasteiger partial charge in [-0.2, -0.15) is 0 Å². The van der Waals surface area contributed by atoms with Crippen molar-refractivity contribution in [3.63, 3.8) is 0 Å². The number of ether oxygens (including phenoxy) is 1. The van der Waals surface area contributed by atoms with Crippen LogP contribution in [0.1, 0.15) is 0 Å². The van der Waals surface area contributed by atoms with Gasteiger partial charge in [-0.15, -0.1) is 0 Å². The van der Waals surface area contributed by atoms with Crippen LogP contribution in [0.2, 0.25) is 0 Å². The van der Waals surface area contributed by atoms with Crippen molar-refractivity contribution >= 4 is 22.7 Å². The molecule has 3 rings (SSSR count). The van der Waals surface area contributed by atoms with E-state index in [9.17, 15) is 4.79 Å². The Kier molecular flexibility index (Phi) is 3.05. The highest BCUT2D eigenvalue weighted by Gasteiger charge is 2.26. The van der Waals surface area contributed by atoms with Gasteiger partial charge in [0.25, 0.3) is 0 Å². The first kappa shape index (κ1) is 11.9. The predicted molar refractivity (Wildman–Crippen MR) is 71.3 cm³/mol. The number of fused-ring (bicyclic) bond motifs is 1. The second-order valence-electron chi connectivity index (χ2n) is 4.51. The molecule has 1 aliphatic rings. The summed E-state index contributed by atoms with van der Waals surface area (Å²) < 4.78 is 5.21. The zero-order chi connectivity index (χ0) is 13.2. The molecule has 1 aliphatic heterocycles. The number of hydrogen-bond acceptors (Lipinski definition) is 4. The molecule has 1 unspecified atom stereocenters. The fraction of sp³-hybridized carbons (Fsp3) is 0.286. The lowest BCUT2D eigenvalue weighted by Gasteiger charge is -2.31. The molecule has 5 heteroatoms. The average Bonchev–Trinajstić information content (AvgIpc) is 2.47. The van der Waals surface area contributed by atoms with Crippen LogP contribution < -0.4 is 4.90 Å². The van der Waals surface area contributed by atoms with E-state index >= 15 is 0 Å². The first-order chi connectivity index (χ1) is 9.24. The third-order valence-corrected chi connectivity index (χ3v) is 3.25. The minimum absolute atomic E-state index is 0.334. The number of anilines is 1. The van der Waals surface area contributed by atoms with Crippen LogP contribution >= 0.6 is 0 Å². The fourth-order valence-corrected chi connectivity index (χ4v) is 2.24. The van der Waals surface area contributed by atoms with Crippen molar-refractivity contribution in [3.8, 4) is 0 Å². The van der Waals surface area contributed by atoms with E-state index in [2.05, 4.69) is 4.98 Å². The van der Waals surface area contributed by atoms with Gasteiger partial charge in [-0.25, -0.2) is 9.78 Å². The second-order valence-corrected chi connectivity index (χ2v) is 4.51. The van der Waals surface area contributed by atoms with Gasteiger partial charge in [-0.3, -0.25) is 0 Å². The highest BCUT2D eigenvalue weighted by Crippen LogP contribution is 2.20. The molecule has 0 spiro atoms. The van der Waals surface area contributed by atoms with Crippen LogP contribution in [0.25, 0.3) is 10.9 Å². The maximum Gasteiger partial charge on any atom is 0.334 e. The number of carboxylic acids is 1. The molecule has 19 heavy (non-hydrogen) atoms. The fourth-order valence-electron chi connectivity index (χ4n) is 2.24. The molecular weight excluding hydrogens is 244 g/mol. The van der Waals surface area contributed by atoms with Crippen LogP contribution in [0.4, 0.5) is 5.82 Å². The van der Waals surface area contributed by atoms with Crippen molar-refractivity contribution in [2.45, 2.75) is 6.10 Å². The van der Waals surface area contributed by atoms with Crippen LogP contribution in [-0.4, -0.2) is 41.9 Å². The topological polar surface area (TPSA) is 62.7 Å². The number of benzene rings is 1. The van der Waals surface area contributed by atoms with Crippen molar-refractivity contribution < 1.29 is 14.6 Å². The molecule has 1 aromatic carbocycles. The number of aromatic nitrogens is 1. The lowest BCUT2D eigenvalue weighted by molar-refractivity contribution is -0.150. The second kappa shape index (κ2) is 4.85. The van der Waals surface area contributed by atoms with Gasteiger partial charge >= 0.3 is 5.97 Å². The number of para-hydroxylation sites is 1. The van der Waals surface area contributed by atoms with Gasteiger partial charge in [0.15, 0.2) is 6.10 Å². The van der Waals surface area contributed by atoms with Crippen LogP contribution in [-0.2, 0) is 9.53 Å². The molecule has 1 fully saturated rings. The Morgan fingerprint density at radius 3 is 3.00 bits per heavy atom. The molecule has 0 aliphatic carbocycles. The van der Waals surface area contributed by atoms with Gasteiger partial charge in [-0.05, 0) is 18.2 Å². The number of rotatable bonds is 2. The monoisotopic (exact) mass is 258 g/mol. The molecule has 98 valence electrons. The van der Waals surface area contributed by atoms with E-state index in [4.69, 9.17) is 9.84 Å². The van der Waals surface area contributed by atoms with E-state index < -0.39 is 12.1 Å². The number of hydrogen-bond donors (Lipinski definition) is 1. The number of pyridine rings is 1. The van der Waals surface area contributed by atoms with Crippen molar-refractivity contribution in [1.29, 1.82) is 0 Å². The third-order valence-electron chi connectivity index (χ3n) is 3.25. The van der Waals surface area contributed by atoms with Crippen LogP contribution in [0, 0.1) is 0 Å². The van der Waals surface area contributed by atoms with Crippen LogP contribution in [0.5, 0.6) is 0 Å². The Balaban J connectivity index is 1.89. The van der Waals surface area contributed by atoms with Gasteiger partial charge in [0, 0.05) is 11.9 Å². The Bertz CT molecular complexity index is 614. The summed E-state index contributed by atoms with van der Waals surface area (Å²) in [6, 6.07) is 11.8. The van der Waals surface area contributed by atoms with E-state index in [0.29, 0.717) is 19.7 Å². The number of morpholine rings is 1. The van der Waals surface area contributed by atoms with Gasteiger partial charge < -0.3 is 14.7 Å². The van der Waals surface area contributed by atoms with Gasteiger partial charge in [0.1, 0.15) is 5.82 Å². The first-order valence-electron chi connectivity index (χ1n) is 6.19. The first-order valence-corrected chi connectivity index (χ1v) is 6.19. The molecule has 0 amide bonds. The molecule has 2 aromatic rings. The van der Waals surface area contributed by atoms with Gasteiger partial charge in [-0.1, -0.05) is 18.2 Å². The Labute approximate surface area is 110 Å². The number of carbonyl (C=O) groups is 1. The highest BCUT2D eigenvalue weighted by molar-refractivity contribution is 5.80. The van der Waals surface area contributed by atoms with Crippen molar-refractivity contribution in [2.75, 3.05) is 24.6 Å². The van der Waals surface area contributed by atoms with Crippen molar-refractivity contribution in [2.24, 2.45) is 0 Å². The summed E-state index contributed by atoms with van der Waals surface area (Å²) in [5, 5.41) is 10.1. The largest absolute Gasteiger partial charge is 0.479 e. The van der Waals surface area contributed by atoms with Crippen LogP contribution in [0.15, 0.2) is 36.4 Å². The Morgan fingerprint density at radius 2 is 2.16 bits per heavy atom. The molecule has 1 saturated heterocycles. The number of carboxylic acid groups (broad SMARTS) is 1. The zero-order valence-electron chi connectivity index (χ0n) is 10.3. The Hall–Kier alpha value is -2.14. The molecule has 1 atom stereocenters. The maximum absolute atomic E-state index is 11.0. The lowest BCUT2D eigenvalue weighted by Crippen LogP contribution is -2.46. The molecule has 5 nitrogen and oxygen atoms in total. The molecule has 0 saturated carbocycles. The van der Waals surface area contributed by atoms with Crippen LogP contribution in [0.3, 0.4) is 0 Å². The average molecular weight is 258 g/mol. The van der Waals surface area contributed by atoms with Crippen molar-refractivity contribution in [1.82, 2.24) is 4.98 Å². The van der Waals surface area contributed by atoms with E-state index in [1.807, 2.05) is 41.3 Å². The summed E-state index contributed by atoms with van der Waals surface area (Å²) in [4.78, 5) is 17.5. The van der Waals surface area contributed by atoms with Crippen molar-refractivity contribution in [3.05, 3.63) is 36.4 Å². The Morgan fingerprint density at radius 1 is 1.32 bits per heavy atom. The maximum atomic E-state index is 11.0. The predicted octanol–water partition coefficient (Wildman–Crippen LogP) is 1.52. The van der Waals surface area contributed by atoms with E-state index in [0.717, 1.165) is 16.7 Å². The molecule has 0 radical (unpaired) electrons. The third kappa shape index (κ3) is 2.37. The molecule has 0 bridgehead atoms. The normalized spacial score (nSPS) is 19.6. The highest BCUT2D eigenvalue weighted by atomic mass is 16.5. The number of nitrogens with zero attached hydrogens (tertiary/aromatic N) is 2. The smallest absolute Gasteiger partial charge is 0.334 e. The van der Waals surface area contributed by atoms with E-state index in [1.165, 1.54) is 0 Å². The van der Waals surface area contributed by atoms with E-state index in [-0.39, 0.29) is 0 Å². The summed E-state index contributed by atoms with van der Waals surface area (Å²) in [6.45, 7) is 1.40. The minimum Gasteiger partial charge on any atom is -0.479 e. The molecule has 2 heterocycles. The summed E-state index contributed by atoms with van der Waals surface area (Å²) >= 11 is 0.